The number of benzene rings is 10. The van der Waals surface area contributed by atoms with Crippen LogP contribution in [0.5, 0.6) is 0 Å². The van der Waals surface area contributed by atoms with Gasteiger partial charge in [0.1, 0.15) is 0 Å². The first-order chi connectivity index (χ1) is 50.3. The zero-order valence-electron chi connectivity index (χ0n) is 55.8. The van der Waals surface area contributed by atoms with Crippen molar-refractivity contribution in [3.63, 3.8) is 0 Å². The SMILES string of the molecule is Cc1cc(-c2ccc(-c3ccc(-c4cc(-c5ccccc5)nc(-c5ccncc5)n4)cc3)cc2)c2ccc3ccc(-c4ccccc4)nc3c2n1.Cc1cc(-c2ccc(-c3ccc(-c4nc(-c5ccccc5)cc(-c5cccnc5)n4)cc3)cc2)c2ccc3ccc(-c4ccccc4)nc3c2n1. The summed E-state index contributed by atoms with van der Waals surface area (Å²) >= 11 is 0. The Morgan fingerprint density at radius 2 is 0.520 bits per heavy atom. The van der Waals surface area contributed by atoms with E-state index in [0.717, 1.165) is 178 Å². The Hall–Kier alpha value is -13.7. The maximum absolute atomic E-state index is 5.10. The van der Waals surface area contributed by atoms with E-state index in [4.69, 9.17) is 39.9 Å². The van der Waals surface area contributed by atoms with Crippen LogP contribution in [-0.2, 0) is 0 Å². The fourth-order valence-corrected chi connectivity index (χ4v) is 13.3. The molecule has 0 saturated carbocycles. The van der Waals surface area contributed by atoms with Crippen molar-refractivity contribution in [1.82, 2.24) is 49.8 Å². The van der Waals surface area contributed by atoms with E-state index >= 15 is 0 Å². The third-order valence-corrected chi connectivity index (χ3v) is 18.5. The Kier molecular flexibility index (Phi) is 16.6. The van der Waals surface area contributed by atoms with Crippen LogP contribution in [0.15, 0.2) is 340 Å². The lowest BCUT2D eigenvalue weighted by molar-refractivity contribution is 1.18. The van der Waals surface area contributed by atoms with Gasteiger partial charge in [-0.15, -0.1) is 0 Å². The molecule has 0 atom stereocenters. The highest BCUT2D eigenvalue weighted by Gasteiger charge is 2.18. The number of fused-ring (bicyclic) bond motifs is 6. The highest BCUT2D eigenvalue weighted by molar-refractivity contribution is 6.10. The largest absolute Gasteiger partial charge is 0.265 e. The number of aryl methyl sites for hydroxylation is 2. The average Bonchev–Trinajstić information content (AvgIpc) is 0.748. The zero-order valence-corrected chi connectivity index (χ0v) is 55.8. The lowest BCUT2D eigenvalue weighted by Gasteiger charge is -2.12. The fraction of sp³-hybridized carbons (Fsp3) is 0.0217. The Morgan fingerprint density at radius 1 is 0.196 bits per heavy atom. The highest BCUT2D eigenvalue weighted by Crippen LogP contribution is 2.39. The molecule has 0 spiro atoms. The fourth-order valence-electron chi connectivity index (χ4n) is 13.3. The Morgan fingerprint density at radius 3 is 0.912 bits per heavy atom. The summed E-state index contributed by atoms with van der Waals surface area (Å²) in [5.41, 5.74) is 28.2. The van der Waals surface area contributed by atoms with Gasteiger partial charge in [-0.05, 0) is 119 Å². The molecule has 0 radical (unpaired) electrons. The van der Waals surface area contributed by atoms with Gasteiger partial charge in [-0.1, -0.05) is 255 Å². The van der Waals surface area contributed by atoms with Crippen molar-refractivity contribution >= 4 is 43.6 Å². The molecule has 0 saturated heterocycles. The molecular weight excluding hydrogens is 1250 g/mol. The standard InChI is InChI=1S/2C46H31N5/c1-30-27-40(39-24-22-36-23-25-41(34-9-4-2-5-10-34)49-44(36)45(39)48-30)33-18-14-31(15-19-33)32-16-20-37(21-17-32)46-50-42(35-11-6-3-7-12-35)28-43(51-46)38-13-8-26-47-29-38;1-30-28-40(39-22-20-37-21-23-41(34-8-4-2-5-9-34)49-44(37)45(39)48-30)33-16-12-31(13-17-33)32-14-18-36(19-15-32)43-29-42(35-10-6-3-7-11-35)50-46(51-43)38-24-26-47-27-25-38/h2*2-29H,1H3. The summed E-state index contributed by atoms with van der Waals surface area (Å²) in [5.74, 6) is 1.35. The molecule has 102 heavy (non-hydrogen) atoms. The van der Waals surface area contributed by atoms with Gasteiger partial charge >= 0.3 is 0 Å². The molecule has 0 N–H and O–H groups in total. The Labute approximate surface area is 590 Å². The summed E-state index contributed by atoms with van der Waals surface area (Å²) in [6.07, 6.45) is 7.15. The summed E-state index contributed by atoms with van der Waals surface area (Å²) in [7, 11) is 0. The van der Waals surface area contributed by atoms with Crippen LogP contribution in [0.4, 0.5) is 0 Å². The van der Waals surface area contributed by atoms with Crippen molar-refractivity contribution in [3.8, 4) is 135 Å². The summed E-state index contributed by atoms with van der Waals surface area (Å²) in [6.45, 7) is 4.11. The molecule has 10 nitrogen and oxygen atoms in total. The van der Waals surface area contributed by atoms with Crippen molar-refractivity contribution in [3.05, 3.63) is 352 Å². The highest BCUT2D eigenvalue weighted by atomic mass is 14.9. The lowest BCUT2D eigenvalue weighted by Crippen LogP contribution is -1.96. The normalized spacial score (nSPS) is 11.2. The van der Waals surface area contributed by atoms with Gasteiger partial charge in [-0.3, -0.25) is 19.9 Å². The third-order valence-electron chi connectivity index (χ3n) is 18.5. The molecule has 18 aromatic rings. The van der Waals surface area contributed by atoms with E-state index < -0.39 is 0 Å². The van der Waals surface area contributed by atoms with Crippen molar-refractivity contribution in [2.45, 2.75) is 13.8 Å². The van der Waals surface area contributed by atoms with Crippen molar-refractivity contribution in [1.29, 1.82) is 0 Å². The summed E-state index contributed by atoms with van der Waals surface area (Å²) < 4.78 is 0. The number of hydrogen-bond donors (Lipinski definition) is 0. The van der Waals surface area contributed by atoms with Crippen LogP contribution in [0.3, 0.4) is 0 Å². The van der Waals surface area contributed by atoms with Crippen LogP contribution in [0, 0.1) is 13.8 Å². The maximum Gasteiger partial charge on any atom is 0.160 e. The van der Waals surface area contributed by atoms with Gasteiger partial charge in [0.2, 0.25) is 0 Å². The molecule has 0 amide bonds. The van der Waals surface area contributed by atoms with E-state index in [9.17, 15) is 0 Å². The quantitative estimate of drug-likeness (QED) is 0.109. The minimum atomic E-state index is 0.674. The molecule has 0 unspecified atom stereocenters. The molecular formula is C92H62N10. The number of hydrogen-bond acceptors (Lipinski definition) is 10. The van der Waals surface area contributed by atoms with Crippen LogP contribution in [0.1, 0.15) is 11.4 Å². The predicted octanol–water partition coefficient (Wildman–Crippen LogP) is 22.6. The van der Waals surface area contributed by atoms with Gasteiger partial charge in [-0.25, -0.2) is 29.9 Å². The topological polar surface area (TPSA) is 129 Å². The third kappa shape index (κ3) is 12.7. The van der Waals surface area contributed by atoms with Crippen LogP contribution in [0.25, 0.3) is 178 Å². The summed E-state index contributed by atoms with van der Waals surface area (Å²) in [5, 5.41) is 4.34. The monoisotopic (exact) mass is 1310 g/mol. The van der Waals surface area contributed by atoms with Crippen LogP contribution >= 0.6 is 0 Å². The van der Waals surface area contributed by atoms with Gasteiger partial charge in [0.25, 0.3) is 0 Å². The average molecular weight is 1310 g/mol. The Balaban J connectivity index is 0.000000152. The van der Waals surface area contributed by atoms with Gasteiger partial charge in [0, 0.05) is 102 Å². The first-order valence-corrected chi connectivity index (χ1v) is 34.0. The van der Waals surface area contributed by atoms with E-state index in [1.54, 1.807) is 18.6 Å². The van der Waals surface area contributed by atoms with Gasteiger partial charge in [0.05, 0.1) is 56.2 Å². The van der Waals surface area contributed by atoms with E-state index in [-0.39, 0.29) is 0 Å². The number of pyridine rings is 6. The molecule has 8 heterocycles. The molecule has 10 heteroatoms. The summed E-state index contributed by atoms with van der Waals surface area (Å²) in [4.78, 5) is 48.5. The smallest absolute Gasteiger partial charge is 0.160 e. The minimum absolute atomic E-state index is 0.674. The van der Waals surface area contributed by atoms with Crippen molar-refractivity contribution in [2.24, 2.45) is 0 Å². The molecule has 480 valence electrons. The first kappa shape index (κ1) is 61.9. The predicted molar refractivity (Wildman–Crippen MR) is 416 cm³/mol. The summed E-state index contributed by atoms with van der Waals surface area (Å²) in [6, 6.07) is 109. The van der Waals surface area contributed by atoms with E-state index in [1.807, 2.05) is 109 Å². The van der Waals surface area contributed by atoms with Crippen molar-refractivity contribution < 1.29 is 0 Å². The van der Waals surface area contributed by atoms with E-state index in [1.165, 1.54) is 0 Å². The second-order valence-corrected chi connectivity index (χ2v) is 25.3. The maximum atomic E-state index is 5.10. The zero-order chi connectivity index (χ0) is 68.3. The lowest BCUT2D eigenvalue weighted by atomic mass is 9.96. The van der Waals surface area contributed by atoms with Crippen LogP contribution in [0.2, 0.25) is 0 Å². The second kappa shape index (κ2) is 27.3. The molecule has 0 aliphatic rings. The van der Waals surface area contributed by atoms with Gasteiger partial charge in [0.15, 0.2) is 11.6 Å². The molecule has 0 bridgehead atoms. The Bertz CT molecular complexity index is 5580. The molecule has 0 aliphatic carbocycles. The molecule has 8 aromatic heterocycles. The van der Waals surface area contributed by atoms with E-state index in [0.29, 0.717) is 11.6 Å². The molecule has 18 rings (SSSR count). The first-order valence-electron chi connectivity index (χ1n) is 34.0. The number of aromatic nitrogens is 10. The minimum Gasteiger partial charge on any atom is -0.265 e. The molecule has 0 fully saturated rings. The molecule has 10 aromatic carbocycles. The second-order valence-electron chi connectivity index (χ2n) is 25.3. The number of rotatable bonds is 12. The van der Waals surface area contributed by atoms with Gasteiger partial charge < -0.3 is 0 Å². The van der Waals surface area contributed by atoms with Crippen LogP contribution in [-0.4, -0.2) is 49.8 Å². The van der Waals surface area contributed by atoms with Gasteiger partial charge in [-0.2, -0.15) is 0 Å². The number of nitrogens with zero attached hydrogens (tertiary/aromatic N) is 10. The van der Waals surface area contributed by atoms with Crippen molar-refractivity contribution in [2.75, 3.05) is 0 Å². The molecule has 0 aliphatic heterocycles. The van der Waals surface area contributed by atoms with Crippen LogP contribution < -0.4 is 0 Å². The van der Waals surface area contributed by atoms with E-state index in [2.05, 4.69) is 236 Å².